The lowest BCUT2D eigenvalue weighted by atomic mass is 10.4. The maximum absolute atomic E-state index is 11.2. The highest BCUT2D eigenvalue weighted by Gasteiger charge is 2.03. The van der Waals surface area contributed by atoms with Crippen LogP contribution in [0.3, 0.4) is 0 Å². The van der Waals surface area contributed by atoms with Gasteiger partial charge in [0, 0.05) is 25.4 Å². The van der Waals surface area contributed by atoms with Crippen LogP contribution in [0.4, 0.5) is 0 Å². The van der Waals surface area contributed by atoms with Gasteiger partial charge in [-0.25, -0.2) is 4.98 Å². The summed E-state index contributed by atoms with van der Waals surface area (Å²) in [4.78, 5) is 28.9. The lowest BCUT2D eigenvalue weighted by molar-refractivity contribution is -0.125. The number of nitrogens with one attached hydrogen (secondary N) is 3. The molecule has 88 valence electrons. The van der Waals surface area contributed by atoms with E-state index >= 15 is 0 Å². The summed E-state index contributed by atoms with van der Waals surface area (Å²) in [6.45, 7) is 0.318. The number of amides is 2. The van der Waals surface area contributed by atoms with Crippen LogP contribution in [-0.2, 0) is 16.0 Å². The van der Waals surface area contributed by atoms with Gasteiger partial charge in [0.05, 0.1) is 13.1 Å². The van der Waals surface area contributed by atoms with E-state index in [1.807, 2.05) is 0 Å². The van der Waals surface area contributed by atoms with Crippen LogP contribution in [0.15, 0.2) is 12.4 Å². The molecular formula is C9H15N5O2. The molecule has 0 aliphatic heterocycles. The van der Waals surface area contributed by atoms with Gasteiger partial charge in [0.25, 0.3) is 0 Å². The topological polar surface area (TPSA) is 113 Å². The minimum atomic E-state index is -0.346. The van der Waals surface area contributed by atoms with Crippen LogP contribution < -0.4 is 16.4 Å². The van der Waals surface area contributed by atoms with Crippen molar-refractivity contribution >= 4 is 11.8 Å². The SMILES string of the molecule is NCC(=O)NCC(=O)NCCc1ncc[nH]1. The van der Waals surface area contributed by atoms with E-state index in [1.165, 1.54) is 0 Å². The van der Waals surface area contributed by atoms with E-state index in [0.717, 1.165) is 5.82 Å². The molecule has 1 aromatic heterocycles. The molecule has 1 heterocycles. The number of hydrogen-bond donors (Lipinski definition) is 4. The Morgan fingerprint density at radius 2 is 2.19 bits per heavy atom. The highest BCUT2D eigenvalue weighted by atomic mass is 16.2. The molecule has 5 N–H and O–H groups in total. The number of aromatic nitrogens is 2. The van der Waals surface area contributed by atoms with Crippen molar-refractivity contribution < 1.29 is 9.59 Å². The smallest absolute Gasteiger partial charge is 0.239 e. The van der Waals surface area contributed by atoms with E-state index in [4.69, 9.17) is 5.73 Å². The van der Waals surface area contributed by atoms with E-state index in [-0.39, 0.29) is 24.9 Å². The van der Waals surface area contributed by atoms with Crippen molar-refractivity contribution in [3.8, 4) is 0 Å². The molecule has 0 aliphatic carbocycles. The summed E-state index contributed by atoms with van der Waals surface area (Å²) < 4.78 is 0. The second kappa shape index (κ2) is 6.57. The van der Waals surface area contributed by atoms with Gasteiger partial charge in [0.1, 0.15) is 5.82 Å². The molecule has 7 heteroatoms. The highest BCUT2D eigenvalue weighted by molar-refractivity contribution is 5.85. The lowest BCUT2D eigenvalue weighted by Crippen LogP contribution is -2.40. The molecule has 0 saturated carbocycles. The largest absolute Gasteiger partial charge is 0.354 e. The van der Waals surface area contributed by atoms with Gasteiger partial charge in [-0.3, -0.25) is 9.59 Å². The molecule has 7 nitrogen and oxygen atoms in total. The Labute approximate surface area is 92.8 Å². The molecule has 0 atom stereocenters. The summed E-state index contributed by atoms with van der Waals surface area (Å²) in [5.74, 6) is 0.223. The minimum absolute atomic E-state index is 0.0474. The summed E-state index contributed by atoms with van der Waals surface area (Å²) in [6.07, 6.45) is 4.00. The molecule has 1 aromatic rings. The second-order valence-electron chi connectivity index (χ2n) is 3.12. The number of hydrogen-bond acceptors (Lipinski definition) is 4. The van der Waals surface area contributed by atoms with Crippen molar-refractivity contribution in [2.75, 3.05) is 19.6 Å². The van der Waals surface area contributed by atoms with E-state index in [1.54, 1.807) is 12.4 Å². The molecule has 0 bridgehead atoms. The molecule has 2 amide bonds. The maximum Gasteiger partial charge on any atom is 0.239 e. The zero-order valence-electron chi connectivity index (χ0n) is 8.82. The fourth-order valence-corrected chi connectivity index (χ4v) is 1.07. The third kappa shape index (κ3) is 4.56. The van der Waals surface area contributed by atoms with Crippen LogP contribution in [0.5, 0.6) is 0 Å². The van der Waals surface area contributed by atoms with Gasteiger partial charge in [-0.05, 0) is 0 Å². The number of carbonyl (C=O) groups is 2. The molecule has 0 aromatic carbocycles. The molecule has 0 radical (unpaired) electrons. The summed E-state index contributed by atoms with van der Waals surface area (Å²) in [5, 5.41) is 5.02. The van der Waals surface area contributed by atoms with Crippen LogP contribution in [0, 0.1) is 0 Å². The monoisotopic (exact) mass is 225 g/mol. The van der Waals surface area contributed by atoms with Gasteiger partial charge in [-0.2, -0.15) is 0 Å². The molecule has 0 unspecified atom stereocenters. The Morgan fingerprint density at radius 3 is 2.81 bits per heavy atom. The quantitative estimate of drug-likeness (QED) is 0.455. The molecular weight excluding hydrogens is 210 g/mol. The first-order valence-corrected chi connectivity index (χ1v) is 4.94. The fraction of sp³-hybridized carbons (Fsp3) is 0.444. The number of imidazole rings is 1. The van der Waals surface area contributed by atoms with Crippen LogP contribution in [0.25, 0.3) is 0 Å². The highest BCUT2D eigenvalue weighted by Crippen LogP contribution is 1.87. The van der Waals surface area contributed by atoms with E-state index in [9.17, 15) is 9.59 Å². The number of nitrogens with two attached hydrogens (primary N) is 1. The predicted molar refractivity (Wildman–Crippen MR) is 57.4 cm³/mol. The Kier molecular flexibility index (Phi) is 5.00. The Hall–Kier alpha value is -1.89. The predicted octanol–water partition coefficient (Wildman–Crippen LogP) is -1.86. The van der Waals surface area contributed by atoms with Gasteiger partial charge >= 0.3 is 0 Å². The van der Waals surface area contributed by atoms with Crippen LogP contribution in [0.2, 0.25) is 0 Å². The van der Waals surface area contributed by atoms with Gasteiger partial charge in [-0.1, -0.05) is 0 Å². The first-order chi connectivity index (χ1) is 7.72. The number of aromatic amines is 1. The standard InChI is InChI=1S/C9H15N5O2/c10-5-8(15)14-6-9(16)13-2-1-7-11-3-4-12-7/h3-4H,1-2,5-6,10H2,(H,11,12)(H,13,16)(H,14,15). The first kappa shape index (κ1) is 12.2. The van der Waals surface area contributed by atoms with Gasteiger partial charge in [0.15, 0.2) is 0 Å². The number of nitrogens with zero attached hydrogens (tertiary/aromatic N) is 1. The molecule has 0 saturated heterocycles. The molecule has 0 spiro atoms. The number of rotatable bonds is 6. The summed E-state index contributed by atoms with van der Waals surface area (Å²) in [7, 11) is 0. The van der Waals surface area contributed by atoms with E-state index in [0.29, 0.717) is 13.0 Å². The van der Waals surface area contributed by atoms with Crippen LogP contribution in [-0.4, -0.2) is 41.4 Å². The summed E-state index contributed by atoms with van der Waals surface area (Å²) >= 11 is 0. The van der Waals surface area contributed by atoms with E-state index < -0.39 is 0 Å². The average Bonchev–Trinajstić information content (AvgIpc) is 2.79. The van der Waals surface area contributed by atoms with Crippen molar-refractivity contribution in [3.63, 3.8) is 0 Å². The zero-order chi connectivity index (χ0) is 11.8. The van der Waals surface area contributed by atoms with Crippen LogP contribution in [0.1, 0.15) is 5.82 Å². The Morgan fingerprint density at radius 1 is 1.38 bits per heavy atom. The third-order valence-electron chi connectivity index (χ3n) is 1.87. The van der Waals surface area contributed by atoms with Crippen molar-refractivity contribution in [2.24, 2.45) is 5.73 Å². The Bertz CT molecular complexity index is 336. The summed E-state index contributed by atoms with van der Waals surface area (Å²) in [5.41, 5.74) is 5.07. The van der Waals surface area contributed by atoms with Crippen molar-refractivity contribution in [1.29, 1.82) is 0 Å². The second-order valence-corrected chi connectivity index (χ2v) is 3.12. The summed E-state index contributed by atoms with van der Waals surface area (Å²) in [6, 6.07) is 0. The van der Waals surface area contributed by atoms with Crippen LogP contribution >= 0.6 is 0 Å². The molecule has 1 rings (SSSR count). The van der Waals surface area contributed by atoms with Crippen molar-refractivity contribution in [1.82, 2.24) is 20.6 Å². The fourth-order valence-electron chi connectivity index (χ4n) is 1.07. The number of H-pyrrole nitrogens is 1. The van der Waals surface area contributed by atoms with Gasteiger partial charge in [-0.15, -0.1) is 0 Å². The minimum Gasteiger partial charge on any atom is -0.354 e. The van der Waals surface area contributed by atoms with Gasteiger partial charge < -0.3 is 21.4 Å². The Balaban J connectivity index is 2.09. The van der Waals surface area contributed by atoms with Gasteiger partial charge in [0.2, 0.25) is 11.8 Å². The average molecular weight is 225 g/mol. The molecule has 16 heavy (non-hydrogen) atoms. The first-order valence-electron chi connectivity index (χ1n) is 4.94. The molecule has 0 fully saturated rings. The third-order valence-corrected chi connectivity index (χ3v) is 1.87. The number of carbonyl (C=O) groups excluding carboxylic acids is 2. The van der Waals surface area contributed by atoms with E-state index in [2.05, 4.69) is 20.6 Å². The normalized spacial score (nSPS) is 9.81. The van der Waals surface area contributed by atoms with Crippen molar-refractivity contribution in [2.45, 2.75) is 6.42 Å². The van der Waals surface area contributed by atoms with Crippen molar-refractivity contribution in [3.05, 3.63) is 18.2 Å². The zero-order valence-corrected chi connectivity index (χ0v) is 8.82. The lowest BCUT2D eigenvalue weighted by Gasteiger charge is -2.04. The molecule has 0 aliphatic rings. The maximum atomic E-state index is 11.2.